The van der Waals surface area contributed by atoms with Crippen molar-refractivity contribution in [1.29, 1.82) is 0 Å². The van der Waals surface area contributed by atoms with Crippen molar-refractivity contribution in [2.75, 3.05) is 26.6 Å². The molecule has 9 heteroatoms. The van der Waals surface area contributed by atoms with Gasteiger partial charge in [0.1, 0.15) is 5.69 Å². The number of hydrogen-bond donors (Lipinski definition) is 2. The first-order valence-electron chi connectivity index (χ1n) is 9.09. The van der Waals surface area contributed by atoms with Gasteiger partial charge in [0, 0.05) is 24.2 Å². The Morgan fingerprint density at radius 1 is 1.10 bits per heavy atom. The highest BCUT2D eigenvalue weighted by Crippen LogP contribution is 2.38. The molecule has 29 heavy (non-hydrogen) atoms. The van der Waals surface area contributed by atoms with E-state index >= 15 is 0 Å². The fourth-order valence-corrected chi connectivity index (χ4v) is 2.92. The topological polar surface area (TPSA) is 112 Å². The van der Waals surface area contributed by atoms with Crippen molar-refractivity contribution in [1.82, 2.24) is 5.32 Å². The molecule has 2 aromatic rings. The molecule has 9 nitrogen and oxygen atoms in total. The molecule has 0 heterocycles. The van der Waals surface area contributed by atoms with Gasteiger partial charge < -0.3 is 24.8 Å². The standard InChI is InChI=1S/C20H23N3O6/c1-27-17-8-12(9-18(28-2)19(17)29-3)11-21-20(24)13-4-7-15(22-14-5-6-14)16(10-13)23(25)26/h4,7-10,14,22H,5-6,11H2,1-3H3,(H,21,24). The SMILES string of the molecule is COc1cc(CNC(=O)c2ccc(NC3CC3)c([N+](=O)[O-])c2)cc(OC)c1OC. The lowest BCUT2D eigenvalue weighted by Crippen LogP contribution is -2.23. The highest BCUT2D eigenvalue weighted by molar-refractivity contribution is 5.95. The van der Waals surface area contributed by atoms with E-state index in [0.29, 0.717) is 22.9 Å². The lowest BCUT2D eigenvalue weighted by molar-refractivity contribution is -0.384. The van der Waals surface area contributed by atoms with Crippen LogP contribution in [0, 0.1) is 10.1 Å². The first-order chi connectivity index (χ1) is 14.0. The second-order valence-corrected chi connectivity index (χ2v) is 6.62. The highest BCUT2D eigenvalue weighted by Gasteiger charge is 2.25. The Morgan fingerprint density at radius 3 is 2.28 bits per heavy atom. The van der Waals surface area contributed by atoms with Gasteiger partial charge in [0.25, 0.3) is 11.6 Å². The minimum absolute atomic E-state index is 0.114. The molecule has 154 valence electrons. The molecular formula is C20H23N3O6. The third kappa shape index (κ3) is 4.68. The first-order valence-corrected chi connectivity index (χ1v) is 9.09. The maximum atomic E-state index is 12.5. The Morgan fingerprint density at radius 2 is 1.76 bits per heavy atom. The number of nitro groups is 1. The molecule has 2 N–H and O–H groups in total. The van der Waals surface area contributed by atoms with Gasteiger partial charge in [-0.15, -0.1) is 0 Å². The Labute approximate surface area is 168 Å². The lowest BCUT2D eigenvalue weighted by atomic mass is 10.1. The van der Waals surface area contributed by atoms with Crippen molar-refractivity contribution < 1.29 is 23.9 Å². The molecule has 1 aliphatic carbocycles. The number of carbonyl (C=O) groups is 1. The van der Waals surface area contributed by atoms with E-state index in [0.717, 1.165) is 18.4 Å². The van der Waals surface area contributed by atoms with Gasteiger partial charge in [-0.25, -0.2) is 0 Å². The van der Waals surface area contributed by atoms with E-state index in [-0.39, 0.29) is 23.8 Å². The summed E-state index contributed by atoms with van der Waals surface area (Å²) in [5.41, 5.74) is 1.26. The van der Waals surface area contributed by atoms with Crippen LogP contribution in [-0.4, -0.2) is 38.2 Å². The van der Waals surface area contributed by atoms with Crippen LogP contribution in [0.15, 0.2) is 30.3 Å². The molecule has 0 saturated heterocycles. The number of anilines is 1. The molecule has 0 spiro atoms. The number of carbonyl (C=O) groups excluding carboxylic acids is 1. The van der Waals surface area contributed by atoms with Crippen molar-refractivity contribution in [3.8, 4) is 17.2 Å². The number of nitrogens with one attached hydrogen (secondary N) is 2. The number of benzene rings is 2. The third-order valence-corrected chi connectivity index (χ3v) is 4.57. The number of nitrogens with zero attached hydrogens (tertiary/aromatic N) is 1. The van der Waals surface area contributed by atoms with Gasteiger partial charge in [0.05, 0.1) is 26.3 Å². The zero-order valence-electron chi connectivity index (χ0n) is 16.5. The molecule has 1 amide bonds. The highest BCUT2D eigenvalue weighted by atomic mass is 16.6. The smallest absolute Gasteiger partial charge is 0.293 e. The van der Waals surface area contributed by atoms with Crippen LogP contribution in [0.4, 0.5) is 11.4 Å². The van der Waals surface area contributed by atoms with E-state index in [2.05, 4.69) is 10.6 Å². The Hall–Kier alpha value is -3.49. The summed E-state index contributed by atoms with van der Waals surface area (Å²) in [6.07, 6.45) is 1.99. The summed E-state index contributed by atoms with van der Waals surface area (Å²) in [5, 5.41) is 17.2. The fraction of sp³-hybridized carbons (Fsp3) is 0.350. The molecule has 3 rings (SSSR count). The maximum absolute atomic E-state index is 12.5. The molecule has 1 fully saturated rings. The summed E-state index contributed by atoms with van der Waals surface area (Å²) < 4.78 is 15.9. The predicted octanol–water partition coefficient (Wildman–Crippen LogP) is 3.12. The van der Waals surface area contributed by atoms with Gasteiger partial charge in [0.15, 0.2) is 11.5 Å². The van der Waals surface area contributed by atoms with Gasteiger partial charge in [-0.2, -0.15) is 0 Å². The van der Waals surface area contributed by atoms with Crippen LogP contribution in [0.5, 0.6) is 17.2 Å². The Bertz CT molecular complexity index is 901. The fourth-order valence-electron chi connectivity index (χ4n) is 2.92. The third-order valence-electron chi connectivity index (χ3n) is 4.57. The van der Waals surface area contributed by atoms with E-state index in [4.69, 9.17) is 14.2 Å². The summed E-state index contributed by atoms with van der Waals surface area (Å²) >= 11 is 0. The van der Waals surface area contributed by atoms with Crippen LogP contribution < -0.4 is 24.8 Å². The molecule has 0 aliphatic heterocycles. The minimum atomic E-state index is -0.485. The van der Waals surface area contributed by atoms with E-state index in [1.807, 2.05) is 0 Å². The molecule has 0 aromatic heterocycles. The van der Waals surface area contributed by atoms with Crippen LogP contribution in [0.1, 0.15) is 28.8 Å². The zero-order chi connectivity index (χ0) is 21.0. The van der Waals surface area contributed by atoms with Crippen molar-refractivity contribution in [2.24, 2.45) is 0 Å². The summed E-state index contributed by atoms with van der Waals surface area (Å²) in [5.74, 6) is 0.990. The van der Waals surface area contributed by atoms with Crippen molar-refractivity contribution in [2.45, 2.75) is 25.4 Å². The van der Waals surface area contributed by atoms with Crippen LogP contribution in [-0.2, 0) is 6.54 Å². The van der Waals surface area contributed by atoms with Crippen LogP contribution in [0.2, 0.25) is 0 Å². The second-order valence-electron chi connectivity index (χ2n) is 6.62. The number of nitro benzene ring substituents is 1. The minimum Gasteiger partial charge on any atom is -0.493 e. The van der Waals surface area contributed by atoms with Gasteiger partial charge in [-0.05, 0) is 42.7 Å². The molecule has 0 radical (unpaired) electrons. The van der Waals surface area contributed by atoms with E-state index in [9.17, 15) is 14.9 Å². The quantitative estimate of drug-likeness (QED) is 0.490. The molecule has 0 unspecified atom stereocenters. The Balaban J connectivity index is 1.75. The van der Waals surface area contributed by atoms with Gasteiger partial charge in [-0.3, -0.25) is 14.9 Å². The van der Waals surface area contributed by atoms with Gasteiger partial charge >= 0.3 is 0 Å². The van der Waals surface area contributed by atoms with E-state index in [1.54, 1.807) is 24.3 Å². The second kappa shape index (κ2) is 8.68. The lowest BCUT2D eigenvalue weighted by Gasteiger charge is -2.14. The van der Waals surface area contributed by atoms with Gasteiger partial charge in [0.2, 0.25) is 5.75 Å². The molecular weight excluding hydrogens is 378 g/mol. The normalized spacial score (nSPS) is 12.8. The summed E-state index contributed by atoms with van der Waals surface area (Å²) in [4.78, 5) is 23.4. The summed E-state index contributed by atoms with van der Waals surface area (Å²) in [7, 11) is 4.53. The summed E-state index contributed by atoms with van der Waals surface area (Å²) in [6.45, 7) is 0.186. The number of amides is 1. The number of hydrogen-bond acceptors (Lipinski definition) is 7. The monoisotopic (exact) mass is 401 g/mol. The van der Waals surface area contributed by atoms with Crippen molar-refractivity contribution in [3.63, 3.8) is 0 Å². The number of ether oxygens (including phenoxy) is 3. The average molecular weight is 401 g/mol. The maximum Gasteiger partial charge on any atom is 0.293 e. The van der Waals surface area contributed by atoms with Crippen molar-refractivity contribution >= 4 is 17.3 Å². The van der Waals surface area contributed by atoms with Crippen molar-refractivity contribution in [3.05, 3.63) is 51.6 Å². The van der Waals surface area contributed by atoms with Gasteiger partial charge in [-0.1, -0.05) is 0 Å². The largest absolute Gasteiger partial charge is 0.493 e. The van der Waals surface area contributed by atoms with Crippen LogP contribution in [0.3, 0.4) is 0 Å². The zero-order valence-corrected chi connectivity index (χ0v) is 16.5. The molecule has 0 bridgehead atoms. The van der Waals surface area contributed by atoms with Crippen LogP contribution in [0.25, 0.3) is 0 Å². The van der Waals surface area contributed by atoms with Crippen LogP contribution >= 0.6 is 0 Å². The molecule has 1 aliphatic rings. The predicted molar refractivity (Wildman–Crippen MR) is 107 cm³/mol. The molecule has 2 aromatic carbocycles. The average Bonchev–Trinajstić information content (AvgIpc) is 3.55. The molecule has 0 atom stereocenters. The first kappa shape index (κ1) is 20.2. The summed E-state index contributed by atoms with van der Waals surface area (Å²) in [6, 6.07) is 8.16. The Kier molecular flexibility index (Phi) is 6.06. The molecule has 1 saturated carbocycles. The van der Waals surface area contributed by atoms with E-state index < -0.39 is 10.8 Å². The van der Waals surface area contributed by atoms with E-state index in [1.165, 1.54) is 27.4 Å². The number of rotatable bonds is 9. The number of methoxy groups -OCH3 is 3.